The molecule has 2 amide bonds. The van der Waals surface area contributed by atoms with E-state index in [4.69, 9.17) is 5.11 Å². The summed E-state index contributed by atoms with van der Waals surface area (Å²) in [5.74, 6) is -0.148. The van der Waals surface area contributed by atoms with Crippen molar-refractivity contribution in [1.29, 1.82) is 0 Å². The minimum Gasteiger partial charge on any atom is -0.480 e. The van der Waals surface area contributed by atoms with Crippen molar-refractivity contribution in [3.05, 3.63) is 60.6 Å². The van der Waals surface area contributed by atoms with E-state index >= 15 is 0 Å². The van der Waals surface area contributed by atoms with Crippen LogP contribution in [0.4, 0.5) is 10.5 Å². The second-order valence-corrected chi connectivity index (χ2v) is 10.8. The van der Waals surface area contributed by atoms with E-state index in [0.717, 1.165) is 66.2 Å². The van der Waals surface area contributed by atoms with Crippen molar-refractivity contribution >= 4 is 23.7 Å². The molecule has 0 bridgehead atoms. The van der Waals surface area contributed by atoms with Gasteiger partial charge in [-0.1, -0.05) is 50.2 Å². The standard InChI is InChI=1S/C24H27N5O.C7H13NO4/c30-24(21-4-2-14-26-21)28-19-11-9-17(10-12-19)16-5-7-18(8-6-16)22-15-27-23(29-22)20-3-1-13-25-20;1-4(2)5(6(9)10)8-7(11)12-3/h5-12,15,20-21,25-26H,1-4,13-14H2,(H,27,29)(H,28,30);4-5H,1-3H3,(H,8,11)(H,9,10). The molecular formula is C31H40N6O5. The molecule has 3 heterocycles. The highest BCUT2D eigenvalue weighted by atomic mass is 16.5. The van der Waals surface area contributed by atoms with Gasteiger partial charge in [0.25, 0.3) is 0 Å². The number of nitrogens with one attached hydrogen (secondary N) is 5. The van der Waals surface area contributed by atoms with Gasteiger partial charge in [0.05, 0.1) is 31.1 Å². The lowest BCUT2D eigenvalue weighted by atomic mass is 10.0. The molecule has 11 nitrogen and oxygen atoms in total. The normalized spacial score (nSPS) is 18.6. The largest absolute Gasteiger partial charge is 0.480 e. The zero-order valence-electron chi connectivity index (χ0n) is 24.3. The number of hydrogen-bond donors (Lipinski definition) is 6. The van der Waals surface area contributed by atoms with E-state index in [-0.39, 0.29) is 17.9 Å². The molecule has 5 rings (SSSR count). The number of anilines is 1. The van der Waals surface area contributed by atoms with Crippen LogP contribution in [0.25, 0.3) is 22.4 Å². The van der Waals surface area contributed by atoms with Gasteiger partial charge in [-0.3, -0.25) is 4.79 Å². The Bertz CT molecular complexity index is 1330. The molecule has 224 valence electrons. The highest BCUT2D eigenvalue weighted by Gasteiger charge is 2.24. The Morgan fingerprint density at radius 3 is 2.10 bits per heavy atom. The van der Waals surface area contributed by atoms with Crippen LogP contribution in [-0.4, -0.2) is 65.3 Å². The van der Waals surface area contributed by atoms with Crippen LogP contribution in [0.2, 0.25) is 0 Å². The van der Waals surface area contributed by atoms with Gasteiger partial charge in [-0.25, -0.2) is 14.6 Å². The first-order chi connectivity index (χ1) is 20.2. The molecule has 2 aliphatic rings. The monoisotopic (exact) mass is 576 g/mol. The smallest absolute Gasteiger partial charge is 0.407 e. The predicted octanol–water partition coefficient (Wildman–Crippen LogP) is 4.31. The number of ether oxygens (including phenoxy) is 1. The maximum Gasteiger partial charge on any atom is 0.407 e. The molecule has 2 aliphatic heterocycles. The third kappa shape index (κ3) is 8.17. The first kappa shape index (κ1) is 30.7. The Labute approximate surface area is 245 Å². The topological polar surface area (TPSA) is 157 Å². The number of carbonyl (C=O) groups excluding carboxylic acids is 2. The third-order valence-electron chi connectivity index (χ3n) is 7.44. The molecule has 3 aromatic rings. The summed E-state index contributed by atoms with van der Waals surface area (Å²) in [7, 11) is 1.19. The Morgan fingerprint density at radius 1 is 0.929 bits per heavy atom. The summed E-state index contributed by atoms with van der Waals surface area (Å²) >= 11 is 0. The van der Waals surface area contributed by atoms with Gasteiger partial charge in [-0.05, 0) is 73.5 Å². The SMILES string of the molecule is COC(=O)NC(C(=O)O)C(C)C.O=C(Nc1ccc(-c2ccc(-c3cnc(C4CCCN4)[nH]3)cc2)cc1)C1CCCN1. The fourth-order valence-electron chi connectivity index (χ4n) is 5.00. The average Bonchev–Trinajstić information content (AvgIpc) is 3.79. The van der Waals surface area contributed by atoms with Gasteiger partial charge in [0.2, 0.25) is 5.91 Å². The number of aromatic amines is 1. The summed E-state index contributed by atoms with van der Waals surface area (Å²) in [5.41, 5.74) is 5.28. The number of carboxylic acid groups (broad SMARTS) is 1. The molecule has 2 fully saturated rings. The van der Waals surface area contributed by atoms with Crippen molar-refractivity contribution in [2.24, 2.45) is 5.92 Å². The Balaban J connectivity index is 0.000000288. The molecule has 1 aromatic heterocycles. The number of H-pyrrole nitrogens is 1. The highest BCUT2D eigenvalue weighted by molar-refractivity contribution is 5.95. The lowest BCUT2D eigenvalue weighted by Crippen LogP contribution is -2.44. The zero-order chi connectivity index (χ0) is 30.1. The summed E-state index contributed by atoms with van der Waals surface area (Å²) in [6.45, 7) is 5.39. The number of rotatable bonds is 8. The fraction of sp³-hybridized carbons (Fsp3) is 0.419. The van der Waals surface area contributed by atoms with Crippen LogP contribution in [0.5, 0.6) is 0 Å². The van der Waals surface area contributed by atoms with Crippen molar-refractivity contribution in [2.45, 2.75) is 57.7 Å². The molecule has 0 saturated carbocycles. The molecular weight excluding hydrogens is 536 g/mol. The van der Waals surface area contributed by atoms with Gasteiger partial charge in [-0.2, -0.15) is 0 Å². The number of amides is 2. The van der Waals surface area contributed by atoms with Gasteiger partial charge < -0.3 is 36.1 Å². The number of aliphatic carboxylic acids is 1. The second-order valence-electron chi connectivity index (χ2n) is 10.8. The van der Waals surface area contributed by atoms with E-state index in [1.54, 1.807) is 13.8 Å². The lowest BCUT2D eigenvalue weighted by molar-refractivity contribution is -0.140. The molecule has 3 atom stereocenters. The maximum absolute atomic E-state index is 12.2. The Morgan fingerprint density at radius 2 is 1.55 bits per heavy atom. The molecule has 2 saturated heterocycles. The van der Waals surface area contributed by atoms with Crippen LogP contribution in [0, 0.1) is 5.92 Å². The number of aromatic nitrogens is 2. The highest BCUT2D eigenvalue weighted by Crippen LogP contribution is 2.27. The number of carbonyl (C=O) groups is 3. The number of imidazole rings is 1. The van der Waals surface area contributed by atoms with Crippen LogP contribution in [0.3, 0.4) is 0 Å². The van der Waals surface area contributed by atoms with Crippen molar-refractivity contribution in [2.75, 3.05) is 25.5 Å². The summed E-state index contributed by atoms with van der Waals surface area (Å²) in [6.07, 6.45) is 5.50. The summed E-state index contributed by atoms with van der Waals surface area (Å²) < 4.78 is 4.27. The quantitative estimate of drug-likeness (QED) is 0.232. The molecule has 42 heavy (non-hydrogen) atoms. The number of alkyl carbamates (subject to hydrolysis) is 1. The van der Waals surface area contributed by atoms with E-state index in [1.165, 1.54) is 13.5 Å². The molecule has 11 heteroatoms. The zero-order valence-corrected chi connectivity index (χ0v) is 24.3. The van der Waals surface area contributed by atoms with Gasteiger partial charge in [0, 0.05) is 5.69 Å². The Kier molecular flexibility index (Phi) is 10.7. The van der Waals surface area contributed by atoms with Crippen LogP contribution in [0.1, 0.15) is 51.4 Å². The summed E-state index contributed by atoms with van der Waals surface area (Å²) in [6, 6.07) is 15.9. The molecule has 6 N–H and O–H groups in total. The number of nitrogens with zero attached hydrogens (tertiary/aromatic N) is 1. The number of benzene rings is 2. The van der Waals surface area contributed by atoms with Gasteiger partial charge in [-0.15, -0.1) is 0 Å². The van der Waals surface area contributed by atoms with Crippen LogP contribution >= 0.6 is 0 Å². The average molecular weight is 577 g/mol. The molecule has 0 radical (unpaired) electrons. The molecule has 0 aliphatic carbocycles. The lowest BCUT2D eigenvalue weighted by Gasteiger charge is -2.16. The van der Waals surface area contributed by atoms with Crippen molar-refractivity contribution < 1.29 is 24.2 Å². The first-order valence-corrected chi connectivity index (χ1v) is 14.4. The minimum atomic E-state index is -1.06. The van der Waals surface area contributed by atoms with Crippen LogP contribution in [0.15, 0.2) is 54.7 Å². The number of carboxylic acids is 1. The van der Waals surface area contributed by atoms with Crippen molar-refractivity contribution in [3.8, 4) is 22.4 Å². The summed E-state index contributed by atoms with van der Waals surface area (Å²) in [4.78, 5) is 41.4. The minimum absolute atomic E-state index is 0.0522. The van der Waals surface area contributed by atoms with Crippen LogP contribution in [-0.2, 0) is 14.3 Å². The third-order valence-corrected chi connectivity index (χ3v) is 7.44. The van der Waals surface area contributed by atoms with Crippen molar-refractivity contribution in [1.82, 2.24) is 25.9 Å². The van der Waals surface area contributed by atoms with Gasteiger partial charge in [0.15, 0.2) is 0 Å². The fourth-order valence-corrected chi connectivity index (χ4v) is 5.00. The molecule has 2 aromatic carbocycles. The second kappa shape index (κ2) is 14.6. The van der Waals surface area contributed by atoms with Gasteiger partial charge in [0.1, 0.15) is 11.9 Å². The van der Waals surface area contributed by atoms with E-state index < -0.39 is 18.1 Å². The van der Waals surface area contributed by atoms with E-state index in [9.17, 15) is 14.4 Å². The van der Waals surface area contributed by atoms with E-state index in [1.807, 2.05) is 30.5 Å². The first-order valence-electron chi connectivity index (χ1n) is 14.4. The van der Waals surface area contributed by atoms with E-state index in [2.05, 4.69) is 60.2 Å². The molecule has 0 spiro atoms. The van der Waals surface area contributed by atoms with Crippen molar-refractivity contribution in [3.63, 3.8) is 0 Å². The predicted molar refractivity (Wildman–Crippen MR) is 161 cm³/mol. The number of methoxy groups -OCH3 is 1. The Hall–Kier alpha value is -4.22. The van der Waals surface area contributed by atoms with E-state index in [0.29, 0.717) is 6.04 Å². The molecule has 3 unspecified atom stereocenters. The number of hydrogen-bond acceptors (Lipinski definition) is 7. The van der Waals surface area contributed by atoms with Gasteiger partial charge >= 0.3 is 12.1 Å². The summed E-state index contributed by atoms with van der Waals surface area (Å²) in [5, 5.41) is 20.5. The maximum atomic E-state index is 12.2. The van der Waals surface area contributed by atoms with Crippen LogP contribution < -0.4 is 21.3 Å².